The van der Waals surface area contributed by atoms with E-state index in [2.05, 4.69) is 27.9 Å². The number of carbonyl (C=O) groups is 1. The lowest BCUT2D eigenvalue weighted by atomic mass is 10.3. The summed E-state index contributed by atoms with van der Waals surface area (Å²) in [6.45, 7) is 2.68. The summed E-state index contributed by atoms with van der Waals surface area (Å²) in [5.41, 5.74) is 0. The Balaban J connectivity index is 2.39. The fourth-order valence-corrected chi connectivity index (χ4v) is 1.06. The Labute approximate surface area is 67.3 Å². The summed E-state index contributed by atoms with van der Waals surface area (Å²) in [6.07, 6.45) is -0.221. The molecule has 0 saturated carbocycles. The number of rotatable bonds is 1. The molecular formula is C5H8INO2. The second kappa shape index (κ2) is 2.72. The largest absolute Gasteiger partial charge is 0.443 e. The van der Waals surface area contributed by atoms with Crippen molar-refractivity contribution in [2.45, 2.75) is 17.0 Å². The Bertz CT molecular complexity index is 126. The van der Waals surface area contributed by atoms with Crippen molar-refractivity contribution in [2.75, 3.05) is 6.54 Å². The molecule has 0 radical (unpaired) electrons. The fourth-order valence-electron chi connectivity index (χ4n) is 0.661. The van der Waals surface area contributed by atoms with Gasteiger partial charge in [-0.05, 0) is 6.92 Å². The van der Waals surface area contributed by atoms with Gasteiger partial charge >= 0.3 is 6.09 Å². The molecule has 0 aliphatic carbocycles. The van der Waals surface area contributed by atoms with Crippen LogP contribution in [0.15, 0.2) is 0 Å². The summed E-state index contributed by atoms with van der Waals surface area (Å²) in [4.78, 5) is 10.4. The molecule has 9 heavy (non-hydrogen) atoms. The van der Waals surface area contributed by atoms with Crippen LogP contribution in [0, 0.1) is 0 Å². The predicted molar refractivity (Wildman–Crippen MR) is 41.8 cm³/mol. The van der Waals surface area contributed by atoms with Crippen LogP contribution < -0.4 is 5.32 Å². The molecule has 1 rings (SSSR count). The molecule has 2 atom stereocenters. The molecule has 1 saturated heterocycles. The fraction of sp³-hybridized carbons (Fsp3) is 0.800. The predicted octanol–water partition coefficient (Wildman–Crippen LogP) is 0.918. The van der Waals surface area contributed by atoms with Gasteiger partial charge in [-0.1, -0.05) is 22.6 Å². The second-order valence-corrected chi connectivity index (χ2v) is 3.97. The molecule has 0 bridgehead atoms. The van der Waals surface area contributed by atoms with Crippen molar-refractivity contribution in [3.63, 3.8) is 0 Å². The van der Waals surface area contributed by atoms with E-state index >= 15 is 0 Å². The number of cyclic esters (lactones) is 1. The zero-order valence-electron chi connectivity index (χ0n) is 5.06. The minimum atomic E-state index is -0.288. The molecule has 4 heteroatoms. The van der Waals surface area contributed by atoms with Gasteiger partial charge in [0, 0.05) is 3.92 Å². The summed E-state index contributed by atoms with van der Waals surface area (Å²) in [5.74, 6) is 0. The highest BCUT2D eigenvalue weighted by Crippen LogP contribution is 2.12. The van der Waals surface area contributed by atoms with E-state index in [-0.39, 0.29) is 12.2 Å². The molecule has 0 aromatic carbocycles. The van der Waals surface area contributed by atoms with Crippen molar-refractivity contribution < 1.29 is 9.53 Å². The first-order chi connectivity index (χ1) is 4.20. The normalized spacial score (nSPS) is 29.1. The quantitative estimate of drug-likeness (QED) is 0.547. The summed E-state index contributed by atoms with van der Waals surface area (Å²) in [5, 5.41) is 2.58. The number of alkyl halides is 1. The average molecular weight is 241 g/mol. The van der Waals surface area contributed by atoms with E-state index in [4.69, 9.17) is 4.74 Å². The number of halogens is 1. The van der Waals surface area contributed by atoms with Gasteiger partial charge in [0.05, 0.1) is 6.54 Å². The van der Waals surface area contributed by atoms with Gasteiger partial charge in [0.1, 0.15) is 6.10 Å². The number of carbonyl (C=O) groups excluding carboxylic acids is 1. The van der Waals surface area contributed by atoms with Gasteiger partial charge < -0.3 is 10.1 Å². The van der Waals surface area contributed by atoms with E-state index in [0.717, 1.165) is 0 Å². The Kier molecular flexibility index (Phi) is 2.15. The van der Waals surface area contributed by atoms with Gasteiger partial charge in [0.2, 0.25) is 0 Å². The lowest BCUT2D eigenvalue weighted by Crippen LogP contribution is -2.21. The summed E-state index contributed by atoms with van der Waals surface area (Å²) in [6, 6.07) is 0. The van der Waals surface area contributed by atoms with Crippen LogP contribution in [-0.4, -0.2) is 22.7 Å². The highest BCUT2D eigenvalue weighted by Gasteiger charge is 2.25. The molecule has 52 valence electrons. The maximum absolute atomic E-state index is 10.4. The van der Waals surface area contributed by atoms with Gasteiger partial charge in [-0.3, -0.25) is 0 Å². The minimum Gasteiger partial charge on any atom is -0.443 e. The first-order valence-electron chi connectivity index (χ1n) is 2.78. The molecule has 1 amide bonds. The van der Waals surface area contributed by atoms with E-state index in [9.17, 15) is 4.79 Å². The molecule has 0 spiro atoms. The smallest absolute Gasteiger partial charge is 0.407 e. The third-order valence-electron chi connectivity index (χ3n) is 1.22. The number of nitrogens with one attached hydrogen (secondary N) is 1. The molecule has 1 aliphatic rings. The van der Waals surface area contributed by atoms with Gasteiger partial charge in [-0.2, -0.15) is 0 Å². The molecule has 1 aliphatic heterocycles. The van der Waals surface area contributed by atoms with Crippen LogP contribution in [0.5, 0.6) is 0 Å². The standard InChI is InChI=1S/C5H8INO2/c1-3(6)4-2-7-5(8)9-4/h3-4H,2H2,1H3,(H,7,8). The van der Waals surface area contributed by atoms with E-state index in [1.807, 2.05) is 6.92 Å². The first kappa shape index (κ1) is 7.11. The summed E-state index contributed by atoms with van der Waals surface area (Å²) >= 11 is 2.24. The van der Waals surface area contributed by atoms with Crippen molar-refractivity contribution in [3.05, 3.63) is 0 Å². The van der Waals surface area contributed by atoms with Crippen LogP contribution in [0.1, 0.15) is 6.92 Å². The van der Waals surface area contributed by atoms with E-state index in [1.54, 1.807) is 0 Å². The third kappa shape index (κ3) is 1.70. The van der Waals surface area contributed by atoms with Crippen LogP contribution in [-0.2, 0) is 4.74 Å². The maximum Gasteiger partial charge on any atom is 0.407 e. The molecule has 0 aromatic heterocycles. The third-order valence-corrected chi connectivity index (χ3v) is 2.02. The number of hydrogen-bond donors (Lipinski definition) is 1. The van der Waals surface area contributed by atoms with Gasteiger partial charge in [-0.15, -0.1) is 0 Å². The topological polar surface area (TPSA) is 38.3 Å². The number of alkyl carbamates (subject to hydrolysis) is 1. The van der Waals surface area contributed by atoms with Crippen molar-refractivity contribution >= 4 is 28.7 Å². The van der Waals surface area contributed by atoms with Crippen molar-refractivity contribution in [1.29, 1.82) is 0 Å². The highest BCUT2D eigenvalue weighted by atomic mass is 127. The van der Waals surface area contributed by atoms with Crippen LogP contribution in [0.25, 0.3) is 0 Å². The Morgan fingerprint density at radius 1 is 2.00 bits per heavy atom. The molecule has 3 nitrogen and oxygen atoms in total. The second-order valence-electron chi connectivity index (χ2n) is 2.00. The first-order valence-corrected chi connectivity index (χ1v) is 4.03. The lowest BCUT2D eigenvalue weighted by Gasteiger charge is -2.08. The van der Waals surface area contributed by atoms with E-state index in [0.29, 0.717) is 10.5 Å². The SMILES string of the molecule is CC(I)C1CNC(=O)O1. The zero-order valence-corrected chi connectivity index (χ0v) is 7.21. The molecule has 1 fully saturated rings. The molecule has 2 unspecified atom stereocenters. The number of ether oxygens (including phenoxy) is 1. The minimum absolute atomic E-state index is 0.0677. The highest BCUT2D eigenvalue weighted by molar-refractivity contribution is 14.1. The van der Waals surface area contributed by atoms with Crippen LogP contribution in [0.2, 0.25) is 0 Å². The lowest BCUT2D eigenvalue weighted by molar-refractivity contribution is 0.142. The van der Waals surface area contributed by atoms with Gasteiger partial charge in [0.25, 0.3) is 0 Å². The Morgan fingerprint density at radius 2 is 2.67 bits per heavy atom. The molecule has 0 aromatic rings. The zero-order chi connectivity index (χ0) is 6.85. The van der Waals surface area contributed by atoms with E-state index < -0.39 is 0 Å². The monoisotopic (exact) mass is 241 g/mol. The Morgan fingerprint density at radius 3 is 2.89 bits per heavy atom. The van der Waals surface area contributed by atoms with Crippen molar-refractivity contribution in [1.82, 2.24) is 5.32 Å². The van der Waals surface area contributed by atoms with Crippen molar-refractivity contribution in [2.24, 2.45) is 0 Å². The van der Waals surface area contributed by atoms with Crippen LogP contribution in [0.3, 0.4) is 0 Å². The molecule has 1 heterocycles. The average Bonchev–Trinajstić information content (AvgIpc) is 2.14. The number of amides is 1. The molecule has 1 N–H and O–H groups in total. The van der Waals surface area contributed by atoms with E-state index in [1.165, 1.54) is 0 Å². The summed E-state index contributed by atoms with van der Waals surface area (Å²) in [7, 11) is 0. The van der Waals surface area contributed by atoms with Crippen LogP contribution in [0.4, 0.5) is 4.79 Å². The molecular weight excluding hydrogens is 233 g/mol. The number of hydrogen-bond acceptors (Lipinski definition) is 2. The van der Waals surface area contributed by atoms with Gasteiger partial charge in [0.15, 0.2) is 0 Å². The maximum atomic E-state index is 10.4. The van der Waals surface area contributed by atoms with Gasteiger partial charge in [-0.25, -0.2) is 4.79 Å². The van der Waals surface area contributed by atoms with Crippen molar-refractivity contribution in [3.8, 4) is 0 Å². The summed E-state index contributed by atoms with van der Waals surface area (Å²) < 4.78 is 5.26. The van der Waals surface area contributed by atoms with Crippen LogP contribution >= 0.6 is 22.6 Å². The Hall–Kier alpha value is 0.